The van der Waals surface area contributed by atoms with Crippen molar-refractivity contribution in [3.8, 4) is 5.75 Å². The summed E-state index contributed by atoms with van der Waals surface area (Å²) in [5.74, 6) is 0.366. The number of amides is 1. The lowest BCUT2D eigenvalue weighted by Gasteiger charge is -2.37. The van der Waals surface area contributed by atoms with E-state index in [-0.39, 0.29) is 18.9 Å². The Morgan fingerprint density at radius 3 is 2.53 bits per heavy atom. The number of aromatic nitrogens is 1. The van der Waals surface area contributed by atoms with Crippen molar-refractivity contribution in [1.82, 2.24) is 9.88 Å². The molecule has 1 amide bonds. The number of carbonyl (C=O) groups excluding carboxylic acids is 1. The van der Waals surface area contributed by atoms with Gasteiger partial charge in [0, 0.05) is 45.1 Å². The zero-order valence-corrected chi connectivity index (χ0v) is 20.4. The minimum absolute atomic E-state index is 0.110. The zero-order valence-electron chi connectivity index (χ0n) is 18.9. The molecule has 0 atom stereocenters. The Balaban J connectivity index is 1.26. The van der Waals surface area contributed by atoms with Crippen LogP contribution in [-0.4, -0.2) is 55.1 Å². The van der Waals surface area contributed by atoms with Gasteiger partial charge < -0.3 is 15.0 Å². The molecule has 1 aromatic heterocycles. The molecule has 1 fully saturated rings. The molecule has 0 bridgehead atoms. The molecule has 1 aliphatic heterocycles. The number of para-hydroxylation sites is 2. The molecule has 3 aromatic rings. The number of anilines is 2. The van der Waals surface area contributed by atoms with Gasteiger partial charge in [-0.1, -0.05) is 41.4 Å². The lowest BCUT2D eigenvalue weighted by molar-refractivity contribution is -0.116. The Bertz CT molecular complexity index is 1090. The number of hydrogen-bond donors (Lipinski definition) is 1. The predicted molar refractivity (Wildman–Crippen MR) is 138 cm³/mol. The molecule has 8 heteroatoms. The van der Waals surface area contributed by atoms with E-state index in [1.165, 1.54) is 5.56 Å². The molecule has 1 aliphatic rings. The lowest BCUT2D eigenvalue weighted by atomic mass is 10.1. The Morgan fingerprint density at radius 2 is 1.74 bits per heavy atom. The lowest BCUT2D eigenvalue weighted by Crippen LogP contribution is -2.47. The van der Waals surface area contributed by atoms with Crippen molar-refractivity contribution in [2.75, 3.05) is 49.5 Å². The highest BCUT2D eigenvalue weighted by Gasteiger charge is 2.19. The maximum atomic E-state index is 12.6. The highest BCUT2D eigenvalue weighted by atomic mass is 35.5. The molecule has 2 aromatic carbocycles. The Hall–Kier alpha value is -2.80. The normalized spacial score (nSPS) is 14.1. The Labute approximate surface area is 210 Å². The number of benzene rings is 2. The number of nitrogens with zero attached hydrogens (tertiary/aromatic N) is 3. The Kier molecular flexibility index (Phi) is 8.63. The Morgan fingerprint density at radius 1 is 0.971 bits per heavy atom. The standard InChI is InChI=1S/C26H28Cl2N4O2/c27-21-4-3-7-24(26(21)28)34-19-11-25(33)30-22-5-1-2-6-23(22)32-17-15-31(16-18-32)14-10-20-8-12-29-13-9-20/h1-9,12-13H,10-11,14-19H2,(H,30,33). The number of ether oxygens (including phenoxy) is 1. The van der Waals surface area contributed by atoms with Crippen LogP contribution in [0.15, 0.2) is 67.0 Å². The SMILES string of the molecule is O=C(CCOc1cccc(Cl)c1Cl)Nc1ccccc1N1CCN(CCc2ccncc2)CC1. The molecule has 0 unspecified atom stereocenters. The van der Waals surface area contributed by atoms with Gasteiger partial charge in [-0.25, -0.2) is 0 Å². The molecule has 6 nitrogen and oxygen atoms in total. The molecule has 0 radical (unpaired) electrons. The van der Waals surface area contributed by atoms with Crippen LogP contribution in [0, 0.1) is 0 Å². The van der Waals surface area contributed by atoms with Crippen LogP contribution in [0.2, 0.25) is 10.0 Å². The third kappa shape index (κ3) is 6.63. The highest BCUT2D eigenvalue weighted by molar-refractivity contribution is 6.42. The van der Waals surface area contributed by atoms with Gasteiger partial charge in [-0.05, 0) is 48.4 Å². The number of halogens is 2. The van der Waals surface area contributed by atoms with Gasteiger partial charge in [-0.3, -0.25) is 14.7 Å². The number of nitrogens with one attached hydrogen (secondary N) is 1. The van der Waals surface area contributed by atoms with Crippen molar-refractivity contribution in [1.29, 1.82) is 0 Å². The second-order valence-electron chi connectivity index (χ2n) is 8.15. The van der Waals surface area contributed by atoms with Crippen molar-refractivity contribution in [2.45, 2.75) is 12.8 Å². The summed E-state index contributed by atoms with van der Waals surface area (Å²) in [7, 11) is 0. The molecule has 34 heavy (non-hydrogen) atoms. The van der Waals surface area contributed by atoms with Crippen LogP contribution in [0.4, 0.5) is 11.4 Å². The number of carbonyl (C=O) groups is 1. The van der Waals surface area contributed by atoms with E-state index in [1.54, 1.807) is 18.2 Å². The monoisotopic (exact) mass is 498 g/mol. The third-order valence-electron chi connectivity index (χ3n) is 5.86. The van der Waals surface area contributed by atoms with E-state index in [9.17, 15) is 4.79 Å². The first-order chi connectivity index (χ1) is 16.6. The van der Waals surface area contributed by atoms with Crippen LogP contribution in [0.25, 0.3) is 0 Å². The van der Waals surface area contributed by atoms with Gasteiger partial charge >= 0.3 is 0 Å². The van der Waals surface area contributed by atoms with Crippen LogP contribution in [-0.2, 0) is 11.2 Å². The molecule has 1 saturated heterocycles. The summed E-state index contributed by atoms with van der Waals surface area (Å²) in [6.07, 6.45) is 4.92. The van der Waals surface area contributed by atoms with E-state index in [2.05, 4.69) is 38.3 Å². The summed E-state index contributed by atoms with van der Waals surface area (Å²) in [5, 5.41) is 3.82. The molecule has 1 N–H and O–H groups in total. The maximum absolute atomic E-state index is 12.6. The van der Waals surface area contributed by atoms with Gasteiger partial charge in [0.2, 0.25) is 5.91 Å². The molecular weight excluding hydrogens is 471 g/mol. The fraction of sp³-hybridized carbons (Fsp3) is 0.308. The maximum Gasteiger partial charge on any atom is 0.227 e. The van der Waals surface area contributed by atoms with Gasteiger partial charge in [-0.15, -0.1) is 0 Å². The third-order valence-corrected chi connectivity index (χ3v) is 6.66. The van der Waals surface area contributed by atoms with Gasteiger partial charge in [0.05, 0.1) is 29.4 Å². The quantitative estimate of drug-likeness (QED) is 0.441. The fourth-order valence-electron chi connectivity index (χ4n) is 3.97. The first-order valence-electron chi connectivity index (χ1n) is 11.4. The van der Waals surface area contributed by atoms with E-state index < -0.39 is 0 Å². The van der Waals surface area contributed by atoms with Crippen LogP contribution >= 0.6 is 23.2 Å². The summed E-state index contributed by atoms with van der Waals surface area (Å²) >= 11 is 12.1. The van der Waals surface area contributed by atoms with E-state index in [0.717, 1.165) is 50.5 Å². The average Bonchev–Trinajstić information content (AvgIpc) is 2.87. The highest BCUT2D eigenvalue weighted by Crippen LogP contribution is 2.31. The molecule has 0 aliphatic carbocycles. The van der Waals surface area contributed by atoms with Crippen LogP contribution in [0.3, 0.4) is 0 Å². The van der Waals surface area contributed by atoms with E-state index in [1.807, 2.05) is 30.6 Å². The minimum atomic E-state index is -0.110. The van der Waals surface area contributed by atoms with Crippen LogP contribution in [0.1, 0.15) is 12.0 Å². The number of rotatable bonds is 9. The molecule has 0 spiro atoms. The number of hydrogen-bond acceptors (Lipinski definition) is 5. The summed E-state index contributed by atoms with van der Waals surface area (Å²) in [5.41, 5.74) is 3.18. The minimum Gasteiger partial charge on any atom is -0.491 e. The number of pyridine rings is 1. The van der Waals surface area contributed by atoms with Gasteiger partial charge in [0.25, 0.3) is 0 Å². The first kappa shape index (κ1) is 24.3. The predicted octanol–water partition coefficient (Wildman–Crippen LogP) is 5.16. The number of piperazine rings is 1. The second-order valence-corrected chi connectivity index (χ2v) is 8.94. The molecule has 178 valence electrons. The van der Waals surface area contributed by atoms with E-state index >= 15 is 0 Å². The second kappa shape index (κ2) is 12.1. The smallest absolute Gasteiger partial charge is 0.227 e. The molecule has 0 saturated carbocycles. The molecular formula is C26H28Cl2N4O2. The van der Waals surface area contributed by atoms with Gasteiger partial charge in [0.15, 0.2) is 0 Å². The van der Waals surface area contributed by atoms with Gasteiger partial charge in [-0.2, -0.15) is 0 Å². The van der Waals surface area contributed by atoms with Crippen molar-refractivity contribution in [2.24, 2.45) is 0 Å². The van der Waals surface area contributed by atoms with Crippen LogP contribution < -0.4 is 15.0 Å². The molecule has 2 heterocycles. The van der Waals surface area contributed by atoms with Gasteiger partial charge in [0.1, 0.15) is 10.8 Å². The average molecular weight is 499 g/mol. The largest absolute Gasteiger partial charge is 0.491 e. The van der Waals surface area contributed by atoms with E-state index in [0.29, 0.717) is 15.8 Å². The van der Waals surface area contributed by atoms with Crippen molar-refractivity contribution < 1.29 is 9.53 Å². The van der Waals surface area contributed by atoms with Crippen molar-refractivity contribution in [3.63, 3.8) is 0 Å². The summed E-state index contributed by atoms with van der Waals surface area (Å²) in [6, 6.07) is 17.3. The van der Waals surface area contributed by atoms with Crippen molar-refractivity contribution >= 4 is 40.5 Å². The topological polar surface area (TPSA) is 57.7 Å². The summed E-state index contributed by atoms with van der Waals surface area (Å²) in [6.45, 7) is 5.06. The summed E-state index contributed by atoms with van der Waals surface area (Å²) in [4.78, 5) is 21.5. The summed E-state index contributed by atoms with van der Waals surface area (Å²) < 4.78 is 5.64. The fourth-order valence-corrected chi connectivity index (χ4v) is 4.31. The van der Waals surface area contributed by atoms with Crippen LogP contribution in [0.5, 0.6) is 5.75 Å². The van der Waals surface area contributed by atoms with Crippen molar-refractivity contribution in [3.05, 3.63) is 82.6 Å². The zero-order chi connectivity index (χ0) is 23.8. The first-order valence-corrected chi connectivity index (χ1v) is 12.2. The molecule has 4 rings (SSSR count). The van der Waals surface area contributed by atoms with E-state index in [4.69, 9.17) is 27.9 Å².